The average Bonchev–Trinajstić information content (AvgIpc) is 2.82. The van der Waals surface area contributed by atoms with Gasteiger partial charge in [-0.25, -0.2) is 5.43 Å². The molecule has 0 aliphatic rings. The zero-order chi connectivity index (χ0) is 24.7. The van der Waals surface area contributed by atoms with Crippen LogP contribution in [0.3, 0.4) is 0 Å². The summed E-state index contributed by atoms with van der Waals surface area (Å²) in [5.41, 5.74) is 5.95. The fourth-order valence-electron chi connectivity index (χ4n) is 3.46. The number of aryl methyl sites for hydroxylation is 2. The van der Waals surface area contributed by atoms with Crippen molar-refractivity contribution in [3.63, 3.8) is 0 Å². The minimum absolute atomic E-state index is 0.0391. The number of benzene rings is 3. The molecule has 34 heavy (non-hydrogen) atoms. The highest BCUT2D eigenvalue weighted by atomic mass is 16.3. The first kappa shape index (κ1) is 24.6. The molecule has 0 heterocycles. The second-order valence-electron chi connectivity index (χ2n) is 8.25. The number of hydrogen-bond donors (Lipinski definition) is 3. The molecule has 3 rings (SSSR count). The van der Waals surface area contributed by atoms with Gasteiger partial charge in [0.25, 0.3) is 5.91 Å². The van der Waals surface area contributed by atoms with Crippen molar-refractivity contribution in [2.24, 2.45) is 5.10 Å². The van der Waals surface area contributed by atoms with Crippen LogP contribution in [0.15, 0.2) is 59.7 Å². The Balaban J connectivity index is 1.53. The molecule has 3 aromatic rings. The number of phenols is 1. The molecule has 0 radical (unpaired) electrons. The van der Waals surface area contributed by atoms with E-state index in [9.17, 15) is 19.5 Å². The maximum atomic E-state index is 12.5. The van der Waals surface area contributed by atoms with Gasteiger partial charge in [-0.15, -0.1) is 0 Å². The predicted octanol–water partition coefficient (Wildman–Crippen LogP) is 5.04. The van der Waals surface area contributed by atoms with Gasteiger partial charge in [0.15, 0.2) is 0 Å². The largest absolute Gasteiger partial charge is 0.507 e. The number of Topliss-reactive ketones (excluding diaryl/α,β-unsaturated/α-hetero) is 1. The smallest absolute Gasteiger partial charge is 0.275 e. The highest BCUT2D eigenvalue weighted by molar-refractivity contribution is 6.05. The monoisotopic (exact) mass is 459 g/mol. The van der Waals surface area contributed by atoms with E-state index in [0.29, 0.717) is 17.8 Å². The molecule has 0 fully saturated rings. The molecule has 0 saturated heterocycles. The summed E-state index contributed by atoms with van der Waals surface area (Å²) >= 11 is 0. The van der Waals surface area contributed by atoms with Crippen LogP contribution in [0.5, 0.6) is 5.75 Å². The van der Waals surface area contributed by atoms with Crippen LogP contribution in [-0.4, -0.2) is 28.4 Å². The first-order valence-corrected chi connectivity index (χ1v) is 11.2. The summed E-state index contributed by atoms with van der Waals surface area (Å²) in [4.78, 5) is 37.1. The second-order valence-corrected chi connectivity index (χ2v) is 8.25. The molecule has 0 aromatic heterocycles. The Bertz CT molecular complexity index is 1260. The van der Waals surface area contributed by atoms with E-state index in [0.717, 1.165) is 21.9 Å². The van der Waals surface area contributed by atoms with Crippen molar-refractivity contribution in [3.8, 4) is 5.75 Å². The molecule has 3 N–H and O–H groups in total. The fraction of sp³-hybridized carbons (Fsp3) is 0.259. The zero-order valence-electron chi connectivity index (χ0n) is 19.6. The highest BCUT2D eigenvalue weighted by Gasteiger charge is 2.14. The summed E-state index contributed by atoms with van der Waals surface area (Å²) in [6, 6.07) is 16.2. The number of anilines is 1. The third-order valence-corrected chi connectivity index (χ3v) is 5.66. The lowest BCUT2D eigenvalue weighted by Crippen LogP contribution is -2.21. The maximum Gasteiger partial charge on any atom is 0.275 e. The Labute approximate surface area is 198 Å². The summed E-state index contributed by atoms with van der Waals surface area (Å²) in [6.07, 6.45) is 0.650. The van der Waals surface area contributed by atoms with E-state index < -0.39 is 5.91 Å². The van der Waals surface area contributed by atoms with Gasteiger partial charge in [-0.05, 0) is 66.4 Å². The van der Waals surface area contributed by atoms with Gasteiger partial charge in [-0.2, -0.15) is 5.10 Å². The number of fused-ring (bicyclic) bond motifs is 1. The number of hydrogen-bond acceptors (Lipinski definition) is 5. The lowest BCUT2D eigenvalue weighted by atomic mass is 10.1. The second kappa shape index (κ2) is 11.2. The molecule has 0 saturated carbocycles. The Kier molecular flexibility index (Phi) is 8.14. The SMILES string of the molecule is CCC(CC(=O)CCC(=O)Nc1ccc(C)c(C)c1)=NNC(=O)c1cc2ccccc2cc1O. The molecular weight excluding hydrogens is 430 g/mol. The van der Waals surface area contributed by atoms with Crippen LogP contribution in [0.2, 0.25) is 0 Å². The van der Waals surface area contributed by atoms with Crippen LogP contribution in [0.4, 0.5) is 5.69 Å². The standard InChI is InChI=1S/C27H29N3O4/c1-4-21(16-23(31)11-12-26(33)28-22-10-9-17(2)18(3)13-22)29-30-27(34)24-14-19-7-5-6-8-20(19)15-25(24)32/h5-10,13-15,32H,4,11-12,16H2,1-3H3,(H,28,33)(H,30,34). The number of carbonyl (C=O) groups excluding carboxylic acids is 3. The van der Waals surface area contributed by atoms with Gasteiger partial charge in [-0.3, -0.25) is 14.4 Å². The summed E-state index contributed by atoms with van der Waals surface area (Å²) in [5, 5.41) is 18.7. The number of amides is 2. The Hall–Kier alpha value is -4.00. The van der Waals surface area contributed by atoms with E-state index in [2.05, 4.69) is 15.8 Å². The van der Waals surface area contributed by atoms with Crippen molar-refractivity contribution in [3.05, 3.63) is 71.3 Å². The quantitative estimate of drug-likeness (QED) is 0.308. The van der Waals surface area contributed by atoms with E-state index in [1.165, 1.54) is 6.07 Å². The molecule has 7 heteroatoms. The molecule has 2 amide bonds. The van der Waals surface area contributed by atoms with Gasteiger partial charge >= 0.3 is 0 Å². The van der Waals surface area contributed by atoms with E-state index >= 15 is 0 Å². The van der Waals surface area contributed by atoms with Gasteiger partial charge in [0, 0.05) is 30.7 Å². The number of nitrogens with one attached hydrogen (secondary N) is 2. The van der Waals surface area contributed by atoms with E-state index in [1.807, 2.05) is 63.2 Å². The van der Waals surface area contributed by atoms with Crippen LogP contribution in [0, 0.1) is 13.8 Å². The number of phenolic OH excluding ortho intramolecular Hbond substituents is 1. The Morgan fingerprint density at radius 2 is 1.62 bits per heavy atom. The lowest BCUT2D eigenvalue weighted by Gasteiger charge is -2.08. The first-order valence-electron chi connectivity index (χ1n) is 11.2. The van der Waals surface area contributed by atoms with Crippen LogP contribution in [-0.2, 0) is 9.59 Å². The molecule has 3 aromatic carbocycles. The van der Waals surface area contributed by atoms with Crippen molar-refractivity contribution < 1.29 is 19.5 Å². The fourth-order valence-corrected chi connectivity index (χ4v) is 3.46. The molecule has 0 unspecified atom stereocenters. The summed E-state index contributed by atoms with van der Waals surface area (Å²) in [7, 11) is 0. The van der Waals surface area contributed by atoms with Crippen LogP contribution >= 0.6 is 0 Å². The number of nitrogens with zero attached hydrogens (tertiary/aromatic N) is 1. The van der Waals surface area contributed by atoms with Gasteiger partial charge in [0.1, 0.15) is 11.5 Å². The normalized spacial score (nSPS) is 11.3. The van der Waals surface area contributed by atoms with Crippen LogP contribution in [0.1, 0.15) is 54.1 Å². The van der Waals surface area contributed by atoms with Crippen LogP contribution in [0.25, 0.3) is 10.8 Å². The zero-order valence-corrected chi connectivity index (χ0v) is 19.6. The average molecular weight is 460 g/mol. The number of carbonyl (C=O) groups is 3. The number of rotatable bonds is 9. The van der Waals surface area contributed by atoms with Crippen molar-refractivity contribution >= 4 is 39.8 Å². The van der Waals surface area contributed by atoms with E-state index in [-0.39, 0.29) is 42.3 Å². The molecule has 0 bridgehead atoms. The molecule has 0 spiro atoms. The van der Waals surface area contributed by atoms with Crippen molar-refractivity contribution in [2.45, 2.75) is 46.5 Å². The molecule has 0 aliphatic carbocycles. The van der Waals surface area contributed by atoms with E-state index in [1.54, 1.807) is 6.07 Å². The topological polar surface area (TPSA) is 108 Å². The highest BCUT2D eigenvalue weighted by Crippen LogP contribution is 2.25. The summed E-state index contributed by atoms with van der Waals surface area (Å²) in [6.45, 7) is 5.80. The molecule has 7 nitrogen and oxygen atoms in total. The predicted molar refractivity (Wildman–Crippen MR) is 134 cm³/mol. The number of aromatic hydroxyl groups is 1. The first-order chi connectivity index (χ1) is 16.3. The number of ketones is 1. The third kappa shape index (κ3) is 6.51. The Morgan fingerprint density at radius 3 is 2.29 bits per heavy atom. The van der Waals surface area contributed by atoms with Gasteiger partial charge in [-0.1, -0.05) is 37.3 Å². The molecule has 0 aliphatic heterocycles. The minimum atomic E-state index is -0.561. The summed E-state index contributed by atoms with van der Waals surface area (Å²) in [5.74, 6) is -1.07. The van der Waals surface area contributed by atoms with Crippen molar-refractivity contribution in [1.29, 1.82) is 0 Å². The molecule has 0 atom stereocenters. The molecule has 176 valence electrons. The van der Waals surface area contributed by atoms with Crippen molar-refractivity contribution in [1.82, 2.24) is 5.43 Å². The summed E-state index contributed by atoms with van der Waals surface area (Å²) < 4.78 is 0. The minimum Gasteiger partial charge on any atom is -0.507 e. The molecular formula is C27H29N3O4. The van der Waals surface area contributed by atoms with Crippen molar-refractivity contribution in [2.75, 3.05) is 5.32 Å². The van der Waals surface area contributed by atoms with E-state index in [4.69, 9.17) is 0 Å². The van der Waals surface area contributed by atoms with Crippen LogP contribution < -0.4 is 10.7 Å². The van der Waals surface area contributed by atoms with Gasteiger partial charge in [0.05, 0.1) is 5.56 Å². The van der Waals surface area contributed by atoms with Gasteiger partial charge < -0.3 is 10.4 Å². The third-order valence-electron chi connectivity index (χ3n) is 5.66. The maximum absolute atomic E-state index is 12.5. The number of hydrazone groups is 1. The van der Waals surface area contributed by atoms with Gasteiger partial charge in [0.2, 0.25) is 5.91 Å². The Morgan fingerprint density at radius 1 is 0.912 bits per heavy atom. The lowest BCUT2D eigenvalue weighted by molar-refractivity contribution is -0.122.